The summed E-state index contributed by atoms with van der Waals surface area (Å²) in [5.41, 5.74) is 1.30. The first-order valence-electron chi connectivity index (χ1n) is 13.3. The van der Waals surface area contributed by atoms with Crippen LogP contribution in [-0.4, -0.2) is 74.5 Å². The number of halogens is 3. The number of hydrogen-bond donors (Lipinski definition) is 2. The Morgan fingerprint density at radius 3 is 1.43 bits per heavy atom. The van der Waals surface area contributed by atoms with Crippen LogP contribution in [0.4, 0.5) is 0 Å². The van der Waals surface area contributed by atoms with E-state index in [0.29, 0.717) is 36.3 Å². The van der Waals surface area contributed by atoms with E-state index in [1.807, 2.05) is 24.3 Å². The van der Waals surface area contributed by atoms with E-state index in [4.69, 9.17) is 59.1 Å². The summed E-state index contributed by atoms with van der Waals surface area (Å²) in [5.74, 6) is 3.01. The van der Waals surface area contributed by atoms with E-state index in [0.717, 1.165) is 17.1 Å². The molecule has 0 spiro atoms. The minimum Gasteiger partial charge on any atom is -0.493 e. The van der Waals surface area contributed by atoms with E-state index in [-0.39, 0.29) is 27.9 Å². The first kappa shape index (κ1) is 36.7. The van der Waals surface area contributed by atoms with Gasteiger partial charge in [0.05, 0.1) is 27.4 Å². The predicted molar refractivity (Wildman–Crippen MR) is 170 cm³/mol. The molecule has 0 saturated heterocycles. The molecule has 0 bridgehead atoms. The molecule has 2 aromatic heterocycles. The van der Waals surface area contributed by atoms with Crippen molar-refractivity contribution in [2.45, 2.75) is 27.7 Å². The SMILES string of the molecule is CC(C)COc1ccc(B(O)O)cc1.COc1nc(Cl)nc(-c2ccc(OCC(C)C)cc2)n1.COc1nc(Cl)nc(Cl)n1. The van der Waals surface area contributed by atoms with Crippen LogP contribution in [0.15, 0.2) is 48.5 Å². The van der Waals surface area contributed by atoms with E-state index < -0.39 is 7.12 Å². The van der Waals surface area contributed by atoms with Crippen molar-refractivity contribution >= 4 is 47.4 Å². The summed E-state index contributed by atoms with van der Waals surface area (Å²) in [4.78, 5) is 22.8. The molecule has 12 nitrogen and oxygen atoms in total. The third-order valence-electron chi connectivity index (χ3n) is 4.97. The zero-order valence-corrected chi connectivity index (χ0v) is 27.4. The van der Waals surface area contributed by atoms with Gasteiger partial charge in [-0.1, -0.05) is 39.8 Å². The second-order valence-corrected chi connectivity index (χ2v) is 10.7. The lowest BCUT2D eigenvalue weighted by Gasteiger charge is -2.09. The van der Waals surface area contributed by atoms with Crippen LogP contribution in [0, 0.1) is 11.8 Å². The van der Waals surface area contributed by atoms with E-state index in [1.54, 1.807) is 24.3 Å². The Balaban J connectivity index is 0.000000245. The molecule has 2 aromatic carbocycles. The van der Waals surface area contributed by atoms with Crippen LogP contribution in [-0.2, 0) is 0 Å². The van der Waals surface area contributed by atoms with E-state index >= 15 is 0 Å². The molecule has 0 aliphatic heterocycles. The highest BCUT2D eigenvalue weighted by Crippen LogP contribution is 2.22. The van der Waals surface area contributed by atoms with Gasteiger partial charge in [0.2, 0.25) is 15.9 Å². The van der Waals surface area contributed by atoms with E-state index in [9.17, 15) is 0 Å². The van der Waals surface area contributed by atoms with Crippen LogP contribution in [0.1, 0.15) is 27.7 Å². The Morgan fingerprint density at radius 2 is 1.02 bits per heavy atom. The van der Waals surface area contributed by atoms with Crippen molar-refractivity contribution in [3.05, 3.63) is 64.4 Å². The number of rotatable bonds is 10. The normalized spacial score (nSPS) is 10.3. The number of nitrogens with zero attached hydrogens (tertiary/aromatic N) is 6. The van der Waals surface area contributed by atoms with Gasteiger partial charge in [-0.2, -0.15) is 29.9 Å². The standard InChI is InChI=1S/C14H16ClN3O2.C10H15BO3.C4H3Cl2N3O/c1-9(2)8-20-11-6-4-10(5-7-11)12-16-13(15)18-14(17-12)19-3;1-8(2)7-14-10-5-3-9(4-6-10)11(12)13;1-10-4-8-2(5)7-3(6)9-4/h4-7,9H,8H2,1-3H3;3-6,8,12-13H,7H2,1-2H3;1H3. The molecule has 236 valence electrons. The average Bonchev–Trinajstić information content (AvgIpc) is 2.99. The molecule has 4 aromatic rings. The van der Waals surface area contributed by atoms with Gasteiger partial charge in [-0.05, 0) is 88.5 Å². The van der Waals surface area contributed by atoms with E-state index in [2.05, 4.69) is 62.3 Å². The Labute approximate surface area is 271 Å². The average molecular weight is 668 g/mol. The number of benzene rings is 2. The van der Waals surface area contributed by atoms with E-state index in [1.165, 1.54) is 14.2 Å². The minimum absolute atomic E-state index is 0.0249. The summed E-state index contributed by atoms with van der Waals surface area (Å²) in [6.07, 6.45) is 0. The molecule has 0 saturated carbocycles. The van der Waals surface area contributed by atoms with Gasteiger partial charge in [-0.25, -0.2) is 0 Å². The quantitative estimate of drug-likeness (QED) is 0.223. The summed E-state index contributed by atoms with van der Waals surface area (Å²) < 4.78 is 20.7. The lowest BCUT2D eigenvalue weighted by atomic mass is 9.80. The molecule has 2 heterocycles. The topological polar surface area (TPSA) is 155 Å². The molecule has 0 aliphatic carbocycles. The molecule has 0 unspecified atom stereocenters. The van der Waals surface area contributed by atoms with Crippen LogP contribution < -0.4 is 24.4 Å². The number of ether oxygens (including phenoxy) is 4. The molecule has 0 fully saturated rings. The third kappa shape index (κ3) is 13.9. The molecule has 4 rings (SSSR count). The van der Waals surface area contributed by atoms with Gasteiger partial charge >= 0.3 is 19.1 Å². The van der Waals surface area contributed by atoms with Crippen LogP contribution in [0.3, 0.4) is 0 Å². The third-order valence-corrected chi connectivity index (χ3v) is 5.48. The minimum atomic E-state index is -1.41. The molecule has 0 radical (unpaired) electrons. The number of hydrogen-bond acceptors (Lipinski definition) is 12. The second kappa shape index (κ2) is 19.0. The Hall–Kier alpha value is -3.49. The maximum atomic E-state index is 8.85. The van der Waals surface area contributed by atoms with Gasteiger partial charge in [-0.15, -0.1) is 0 Å². The zero-order chi connectivity index (χ0) is 32.6. The van der Waals surface area contributed by atoms with Crippen LogP contribution in [0.2, 0.25) is 15.9 Å². The molecule has 2 N–H and O–H groups in total. The maximum Gasteiger partial charge on any atom is 0.488 e. The molecule has 44 heavy (non-hydrogen) atoms. The smallest absolute Gasteiger partial charge is 0.488 e. The predicted octanol–water partition coefficient (Wildman–Crippen LogP) is 4.82. The van der Waals surface area contributed by atoms with Gasteiger partial charge in [0.1, 0.15) is 11.5 Å². The van der Waals surface area contributed by atoms with Crippen molar-refractivity contribution in [2.24, 2.45) is 11.8 Å². The first-order valence-corrected chi connectivity index (χ1v) is 14.4. The lowest BCUT2D eigenvalue weighted by Crippen LogP contribution is -2.29. The van der Waals surface area contributed by atoms with Gasteiger partial charge in [0, 0.05) is 5.56 Å². The highest BCUT2D eigenvalue weighted by atomic mass is 35.5. The van der Waals surface area contributed by atoms with Gasteiger partial charge in [-0.3, -0.25) is 0 Å². The second-order valence-electron chi connectivity index (χ2n) is 9.65. The Morgan fingerprint density at radius 1 is 0.614 bits per heavy atom. The van der Waals surface area contributed by atoms with Crippen LogP contribution >= 0.6 is 34.8 Å². The van der Waals surface area contributed by atoms with Crippen LogP contribution in [0.25, 0.3) is 11.4 Å². The summed E-state index contributed by atoms with van der Waals surface area (Å²) in [7, 11) is 1.49. The van der Waals surface area contributed by atoms with Crippen molar-refractivity contribution < 1.29 is 29.0 Å². The zero-order valence-electron chi connectivity index (χ0n) is 25.1. The highest BCUT2D eigenvalue weighted by molar-refractivity contribution is 6.58. The molecular weight excluding hydrogens is 634 g/mol. The molecular formula is C28H34BCl3N6O6. The summed E-state index contributed by atoms with van der Waals surface area (Å²) in [5, 5.41) is 17.8. The highest BCUT2D eigenvalue weighted by Gasteiger charge is 2.10. The molecule has 0 atom stereocenters. The number of methoxy groups -OCH3 is 2. The maximum absolute atomic E-state index is 8.85. The van der Waals surface area contributed by atoms with Crippen molar-refractivity contribution in [3.8, 4) is 34.9 Å². The Kier molecular flexibility index (Phi) is 15.9. The molecule has 0 amide bonds. The van der Waals surface area contributed by atoms with Crippen molar-refractivity contribution in [1.29, 1.82) is 0 Å². The van der Waals surface area contributed by atoms with Crippen molar-refractivity contribution in [1.82, 2.24) is 29.9 Å². The fourth-order valence-electron chi connectivity index (χ4n) is 2.91. The largest absolute Gasteiger partial charge is 0.493 e. The van der Waals surface area contributed by atoms with Crippen LogP contribution in [0.5, 0.6) is 23.5 Å². The summed E-state index contributed by atoms with van der Waals surface area (Å²) in [6, 6.07) is 14.6. The van der Waals surface area contributed by atoms with Crippen molar-refractivity contribution in [3.63, 3.8) is 0 Å². The number of aromatic nitrogens is 6. The van der Waals surface area contributed by atoms with Gasteiger partial charge in [0.25, 0.3) is 0 Å². The first-order chi connectivity index (χ1) is 20.9. The lowest BCUT2D eigenvalue weighted by molar-refractivity contribution is 0.271. The van der Waals surface area contributed by atoms with Crippen molar-refractivity contribution in [2.75, 3.05) is 27.4 Å². The molecule has 0 aliphatic rings. The fourth-order valence-corrected chi connectivity index (χ4v) is 3.42. The molecule has 16 heteroatoms. The summed E-state index contributed by atoms with van der Waals surface area (Å²) >= 11 is 16.6. The van der Waals surface area contributed by atoms with Gasteiger partial charge in [0.15, 0.2) is 5.82 Å². The van der Waals surface area contributed by atoms with Gasteiger partial charge < -0.3 is 29.0 Å². The summed E-state index contributed by atoms with van der Waals surface area (Å²) in [6.45, 7) is 9.71. The monoisotopic (exact) mass is 666 g/mol. The fraction of sp³-hybridized carbons (Fsp3) is 0.357. The Bertz CT molecular complexity index is 1400.